The second-order valence-electron chi connectivity index (χ2n) is 4.26. The van der Waals surface area contributed by atoms with Crippen LogP contribution in [0.15, 0.2) is 24.5 Å². The fourth-order valence-electron chi connectivity index (χ4n) is 2.09. The van der Waals surface area contributed by atoms with Gasteiger partial charge in [0.25, 0.3) is 0 Å². The monoisotopic (exact) mass is 227 g/mol. The summed E-state index contributed by atoms with van der Waals surface area (Å²) >= 11 is 0. The van der Waals surface area contributed by atoms with Gasteiger partial charge in [-0.15, -0.1) is 0 Å². The van der Waals surface area contributed by atoms with E-state index in [1.54, 1.807) is 0 Å². The van der Waals surface area contributed by atoms with Gasteiger partial charge in [-0.2, -0.15) is 0 Å². The van der Waals surface area contributed by atoms with Gasteiger partial charge in [0.2, 0.25) is 0 Å². The molecule has 0 unspecified atom stereocenters. The Morgan fingerprint density at radius 1 is 1.18 bits per heavy atom. The van der Waals surface area contributed by atoms with E-state index < -0.39 is 0 Å². The molecule has 0 bridgehead atoms. The van der Waals surface area contributed by atoms with Crippen LogP contribution in [0.25, 0.3) is 11.3 Å². The topological polar surface area (TPSA) is 51.8 Å². The number of nitrogens with zero attached hydrogens (tertiary/aromatic N) is 2. The van der Waals surface area contributed by atoms with Gasteiger partial charge in [0.05, 0.1) is 5.69 Å². The maximum atomic E-state index is 5.90. The summed E-state index contributed by atoms with van der Waals surface area (Å²) in [5, 5.41) is 0. The van der Waals surface area contributed by atoms with Crippen LogP contribution in [-0.2, 0) is 6.42 Å². The lowest BCUT2D eigenvalue weighted by molar-refractivity contribution is 1.06. The Morgan fingerprint density at radius 2 is 1.94 bits per heavy atom. The lowest BCUT2D eigenvalue weighted by atomic mass is 9.99. The van der Waals surface area contributed by atoms with Crippen LogP contribution >= 0.6 is 0 Å². The Hall–Kier alpha value is -1.90. The molecule has 0 aliphatic heterocycles. The zero-order valence-electron chi connectivity index (χ0n) is 10.5. The van der Waals surface area contributed by atoms with E-state index >= 15 is 0 Å². The summed E-state index contributed by atoms with van der Waals surface area (Å²) in [6.07, 6.45) is 2.37. The van der Waals surface area contributed by atoms with E-state index in [1.807, 2.05) is 0 Å². The number of rotatable bonds is 2. The number of hydrogen-bond acceptors (Lipinski definition) is 3. The lowest BCUT2D eigenvalue weighted by Crippen LogP contribution is -2.02. The number of aryl methyl sites for hydroxylation is 2. The normalized spacial score (nSPS) is 10.5. The predicted octanol–water partition coefficient (Wildman–Crippen LogP) is 2.91. The second-order valence-corrected chi connectivity index (χ2v) is 4.26. The van der Waals surface area contributed by atoms with Gasteiger partial charge in [-0.1, -0.05) is 30.7 Å². The van der Waals surface area contributed by atoms with Crippen molar-refractivity contribution in [2.75, 3.05) is 5.73 Å². The average molecular weight is 227 g/mol. The van der Waals surface area contributed by atoms with Crippen molar-refractivity contribution in [3.8, 4) is 11.3 Å². The third-order valence-corrected chi connectivity index (χ3v) is 2.97. The van der Waals surface area contributed by atoms with Crippen LogP contribution in [0.2, 0.25) is 0 Å². The molecule has 0 saturated heterocycles. The first kappa shape index (κ1) is 11.6. The predicted molar refractivity (Wildman–Crippen MR) is 70.7 cm³/mol. The molecule has 0 fully saturated rings. The molecule has 1 aromatic carbocycles. The molecule has 0 aliphatic carbocycles. The molecule has 0 radical (unpaired) electrons. The summed E-state index contributed by atoms with van der Waals surface area (Å²) in [4.78, 5) is 8.43. The first-order valence-corrected chi connectivity index (χ1v) is 5.80. The van der Waals surface area contributed by atoms with Crippen LogP contribution in [0.5, 0.6) is 0 Å². The molecule has 0 saturated carbocycles. The molecule has 2 N–H and O–H groups in total. The molecule has 88 valence electrons. The van der Waals surface area contributed by atoms with Crippen molar-refractivity contribution in [3.63, 3.8) is 0 Å². The number of aromatic nitrogens is 2. The summed E-state index contributed by atoms with van der Waals surface area (Å²) in [6, 6.07) is 6.36. The summed E-state index contributed by atoms with van der Waals surface area (Å²) in [5.74, 6) is 0.581. The molecule has 1 heterocycles. The minimum absolute atomic E-state index is 0.581. The van der Waals surface area contributed by atoms with E-state index in [0.717, 1.165) is 23.2 Å². The smallest absolute Gasteiger partial charge is 0.130 e. The van der Waals surface area contributed by atoms with E-state index in [0.29, 0.717) is 5.82 Å². The molecule has 0 spiro atoms. The molecular formula is C14H17N3. The first-order chi connectivity index (χ1) is 8.13. The second kappa shape index (κ2) is 4.53. The fourth-order valence-corrected chi connectivity index (χ4v) is 2.09. The van der Waals surface area contributed by atoms with E-state index in [4.69, 9.17) is 5.73 Å². The fraction of sp³-hybridized carbons (Fsp3) is 0.286. The largest absolute Gasteiger partial charge is 0.383 e. The zero-order chi connectivity index (χ0) is 12.4. The van der Waals surface area contributed by atoms with Crippen molar-refractivity contribution in [2.24, 2.45) is 0 Å². The Balaban J connectivity index is 2.64. The minimum Gasteiger partial charge on any atom is -0.383 e. The molecular weight excluding hydrogens is 210 g/mol. The van der Waals surface area contributed by atoms with E-state index in [1.165, 1.54) is 17.5 Å². The van der Waals surface area contributed by atoms with Crippen molar-refractivity contribution in [1.82, 2.24) is 9.97 Å². The molecule has 3 heteroatoms. The highest BCUT2D eigenvalue weighted by Gasteiger charge is 2.11. The summed E-state index contributed by atoms with van der Waals surface area (Å²) in [7, 11) is 0. The molecule has 1 aromatic heterocycles. The molecule has 0 amide bonds. The van der Waals surface area contributed by atoms with Crippen LogP contribution in [-0.4, -0.2) is 9.97 Å². The zero-order valence-corrected chi connectivity index (χ0v) is 10.5. The van der Waals surface area contributed by atoms with Crippen molar-refractivity contribution < 1.29 is 0 Å². The van der Waals surface area contributed by atoms with Crippen molar-refractivity contribution >= 4 is 5.82 Å². The van der Waals surface area contributed by atoms with Gasteiger partial charge in [0, 0.05) is 11.1 Å². The molecule has 0 atom stereocenters. The highest BCUT2D eigenvalue weighted by atomic mass is 14.9. The van der Waals surface area contributed by atoms with Gasteiger partial charge < -0.3 is 5.73 Å². The number of anilines is 1. The summed E-state index contributed by atoms with van der Waals surface area (Å²) in [6.45, 7) is 6.26. The lowest BCUT2D eigenvalue weighted by Gasteiger charge is -2.11. The van der Waals surface area contributed by atoms with E-state index in [2.05, 4.69) is 48.9 Å². The van der Waals surface area contributed by atoms with Crippen molar-refractivity contribution in [2.45, 2.75) is 27.2 Å². The number of nitrogens with two attached hydrogens (primary N) is 1. The SMILES string of the molecule is CCc1c(N)ncnc1-c1ccc(C)cc1C. The van der Waals surface area contributed by atoms with Crippen molar-refractivity contribution in [1.29, 1.82) is 0 Å². The first-order valence-electron chi connectivity index (χ1n) is 5.80. The van der Waals surface area contributed by atoms with Crippen LogP contribution < -0.4 is 5.73 Å². The minimum atomic E-state index is 0.581. The number of benzene rings is 1. The standard InChI is InChI=1S/C14H17N3/c1-4-11-13(16-8-17-14(11)15)12-6-5-9(2)7-10(12)3/h5-8H,4H2,1-3H3,(H2,15,16,17). The number of nitrogen functional groups attached to an aromatic ring is 1. The van der Waals surface area contributed by atoms with Gasteiger partial charge in [-0.25, -0.2) is 9.97 Å². The van der Waals surface area contributed by atoms with Crippen LogP contribution in [0.4, 0.5) is 5.82 Å². The molecule has 2 aromatic rings. The summed E-state index contributed by atoms with van der Waals surface area (Å²) in [5.41, 5.74) is 11.5. The molecule has 0 aliphatic rings. The van der Waals surface area contributed by atoms with Crippen LogP contribution in [0.3, 0.4) is 0 Å². The number of hydrogen-bond donors (Lipinski definition) is 1. The maximum absolute atomic E-state index is 5.90. The van der Waals surface area contributed by atoms with Crippen LogP contribution in [0, 0.1) is 13.8 Å². The quantitative estimate of drug-likeness (QED) is 0.858. The third kappa shape index (κ3) is 2.13. The molecule has 3 nitrogen and oxygen atoms in total. The van der Waals surface area contributed by atoms with Gasteiger partial charge in [0.1, 0.15) is 12.1 Å². The molecule has 17 heavy (non-hydrogen) atoms. The highest BCUT2D eigenvalue weighted by Crippen LogP contribution is 2.27. The Labute approximate surface area is 102 Å². The van der Waals surface area contributed by atoms with Gasteiger partial charge in [-0.3, -0.25) is 0 Å². The Bertz CT molecular complexity index is 547. The van der Waals surface area contributed by atoms with E-state index in [9.17, 15) is 0 Å². The van der Waals surface area contributed by atoms with Crippen molar-refractivity contribution in [3.05, 3.63) is 41.2 Å². The summed E-state index contributed by atoms with van der Waals surface area (Å²) < 4.78 is 0. The Morgan fingerprint density at radius 3 is 2.59 bits per heavy atom. The highest BCUT2D eigenvalue weighted by molar-refractivity contribution is 5.70. The Kier molecular flexibility index (Phi) is 3.09. The maximum Gasteiger partial charge on any atom is 0.130 e. The van der Waals surface area contributed by atoms with Gasteiger partial charge in [0.15, 0.2) is 0 Å². The van der Waals surface area contributed by atoms with Crippen LogP contribution in [0.1, 0.15) is 23.6 Å². The third-order valence-electron chi connectivity index (χ3n) is 2.97. The van der Waals surface area contributed by atoms with Gasteiger partial charge in [-0.05, 0) is 25.8 Å². The molecule has 2 rings (SSSR count). The average Bonchev–Trinajstić information content (AvgIpc) is 2.29. The van der Waals surface area contributed by atoms with E-state index in [-0.39, 0.29) is 0 Å². The van der Waals surface area contributed by atoms with Gasteiger partial charge >= 0.3 is 0 Å².